The Kier molecular flexibility index (Phi) is 9.03. The average Bonchev–Trinajstić information content (AvgIpc) is 4.19. The molecular weight excluding hydrogens is 825 g/mol. The lowest BCUT2D eigenvalue weighted by molar-refractivity contribution is 0.490. The van der Waals surface area contributed by atoms with Gasteiger partial charge in [0, 0.05) is 61.6 Å². The molecule has 0 fully saturated rings. The quantitative estimate of drug-likeness (QED) is 0.136. The van der Waals surface area contributed by atoms with Crippen molar-refractivity contribution in [3.63, 3.8) is 0 Å². The summed E-state index contributed by atoms with van der Waals surface area (Å²) < 4.78 is 0. The first-order chi connectivity index (χ1) is 30.5. The lowest BCUT2D eigenvalue weighted by atomic mass is 9.73. The van der Waals surface area contributed by atoms with Gasteiger partial charge in [0.1, 0.15) is 0 Å². The zero-order chi connectivity index (χ0) is 41.7. The predicted molar refractivity (Wildman–Crippen MR) is 274 cm³/mol. The lowest BCUT2D eigenvalue weighted by Gasteiger charge is -2.29. The fourth-order valence-corrected chi connectivity index (χ4v) is 16.3. The average molecular weight is 871 g/mol. The van der Waals surface area contributed by atoms with Crippen LogP contribution in [0.1, 0.15) is 75.6 Å². The summed E-state index contributed by atoms with van der Waals surface area (Å²) in [5.41, 5.74) is 14.4. The molecule has 0 radical (unpaired) electrons. The molecule has 0 unspecified atom stereocenters. The van der Waals surface area contributed by atoms with E-state index in [0.29, 0.717) is 0 Å². The van der Waals surface area contributed by atoms with E-state index in [4.69, 9.17) is 0 Å². The van der Waals surface area contributed by atoms with Gasteiger partial charge in [0.15, 0.2) is 0 Å². The standard InChI is InChI=1S/C58H46S4/c1-5-57(6-2)45-23-15-13-17-37(45)39-27-25-35(33-47(39)57)53-41-19-9-11-21-43(41)55(61-53)51-31-29-49(59-51)50-30-32-52(60-50)56-44-22-12-10-20-42(44)54(62-56)36-26-28-40-38-18-14-16-24-46(38)58(7-3,8-4)48(40)34-36/h9-34H,5-8H2,1-4H3. The molecule has 4 aromatic heterocycles. The summed E-state index contributed by atoms with van der Waals surface area (Å²) in [6.45, 7) is 9.45. The second kappa shape index (κ2) is 14.6. The molecule has 4 heterocycles. The SMILES string of the molecule is CCC1(CC)c2ccccc2-c2ccc(-c3sc(-c4ccc(-c5ccc(-c6sc(-c7ccc8c(c7)C(CC)(CC)c7ccccc7-8)c7ccccc67)s5)s4)c4ccccc34)cc21. The van der Waals surface area contributed by atoms with Crippen molar-refractivity contribution >= 4 is 66.9 Å². The Morgan fingerprint density at radius 1 is 0.306 bits per heavy atom. The van der Waals surface area contributed by atoms with Crippen LogP contribution < -0.4 is 0 Å². The highest BCUT2D eigenvalue weighted by atomic mass is 32.1. The molecule has 0 amide bonds. The fraction of sp³-hybridized carbons (Fsp3) is 0.172. The second-order valence-electron chi connectivity index (χ2n) is 17.1. The van der Waals surface area contributed by atoms with E-state index in [1.165, 1.54) is 116 Å². The summed E-state index contributed by atoms with van der Waals surface area (Å²) in [6, 6.07) is 60.3. The van der Waals surface area contributed by atoms with Crippen molar-refractivity contribution in [1.29, 1.82) is 0 Å². The molecule has 0 saturated carbocycles. The van der Waals surface area contributed by atoms with Crippen molar-refractivity contribution in [3.05, 3.63) is 180 Å². The van der Waals surface area contributed by atoms with Crippen LogP contribution >= 0.6 is 45.3 Å². The summed E-state index contributed by atoms with van der Waals surface area (Å²) in [4.78, 5) is 10.8. The van der Waals surface area contributed by atoms with E-state index in [1.54, 1.807) is 0 Å². The first-order valence-electron chi connectivity index (χ1n) is 22.2. The van der Waals surface area contributed by atoms with Crippen LogP contribution in [0, 0.1) is 0 Å². The van der Waals surface area contributed by atoms with E-state index in [2.05, 4.69) is 185 Å². The van der Waals surface area contributed by atoms with E-state index in [-0.39, 0.29) is 10.8 Å². The Morgan fingerprint density at radius 3 is 1.05 bits per heavy atom. The molecule has 0 nitrogen and oxygen atoms in total. The molecule has 4 heteroatoms. The molecule has 0 aliphatic heterocycles. The topological polar surface area (TPSA) is 0 Å². The molecule has 0 atom stereocenters. The lowest BCUT2D eigenvalue weighted by Crippen LogP contribution is -2.23. The van der Waals surface area contributed by atoms with Gasteiger partial charge in [-0.15, -0.1) is 45.3 Å². The van der Waals surface area contributed by atoms with E-state index in [9.17, 15) is 0 Å². The van der Waals surface area contributed by atoms with Crippen molar-refractivity contribution in [2.45, 2.75) is 64.2 Å². The smallest absolute Gasteiger partial charge is 0.0528 e. The van der Waals surface area contributed by atoms with Crippen molar-refractivity contribution in [1.82, 2.24) is 0 Å². The van der Waals surface area contributed by atoms with Crippen LogP contribution in [-0.4, -0.2) is 0 Å². The van der Waals surface area contributed by atoms with Crippen LogP contribution in [-0.2, 0) is 10.8 Å². The molecule has 0 N–H and O–H groups in total. The van der Waals surface area contributed by atoms with Crippen molar-refractivity contribution in [2.24, 2.45) is 0 Å². The summed E-state index contributed by atoms with van der Waals surface area (Å²) in [7, 11) is 0. The van der Waals surface area contributed by atoms with Gasteiger partial charge >= 0.3 is 0 Å². The highest BCUT2D eigenvalue weighted by Crippen LogP contribution is 2.57. The molecule has 62 heavy (non-hydrogen) atoms. The van der Waals surface area contributed by atoms with Crippen molar-refractivity contribution in [2.75, 3.05) is 0 Å². The van der Waals surface area contributed by atoms with Gasteiger partial charge in [-0.05, 0) is 118 Å². The monoisotopic (exact) mass is 870 g/mol. The minimum absolute atomic E-state index is 0.0577. The van der Waals surface area contributed by atoms with Gasteiger partial charge in [-0.3, -0.25) is 0 Å². The molecule has 6 aromatic carbocycles. The number of hydrogen-bond acceptors (Lipinski definition) is 4. The van der Waals surface area contributed by atoms with Gasteiger partial charge in [0.05, 0.1) is 9.75 Å². The normalized spacial score (nSPS) is 14.3. The molecule has 0 spiro atoms. The van der Waals surface area contributed by atoms with Gasteiger partial charge in [0.25, 0.3) is 0 Å². The Bertz CT molecular complexity index is 3140. The van der Waals surface area contributed by atoms with Crippen molar-refractivity contribution < 1.29 is 0 Å². The molecule has 302 valence electrons. The summed E-state index contributed by atoms with van der Waals surface area (Å²) in [5.74, 6) is 0. The largest absolute Gasteiger partial charge is 0.133 e. The van der Waals surface area contributed by atoms with E-state index in [0.717, 1.165) is 25.7 Å². The minimum atomic E-state index is 0.0577. The van der Waals surface area contributed by atoms with E-state index in [1.807, 2.05) is 45.3 Å². The number of thiophene rings is 4. The molecular formula is C58H46S4. The number of hydrogen-bond donors (Lipinski definition) is 0. The van der Waals surface area contributed by atoms with E-state index < -0.39 is 0 Å². The maximum atomic E-state index is 2.53. The molecule has 2 aliphatic rings. The summed E-state index contributed by atoms with van der Waals surface area (Å²) in [6.07, 6.45) is 4.40. The highest BCUT2D eigenvalue weighted by Gasteiger charge is 2.42. The van der Waals surface area contributed by atoms with Gasteiger partial charge in [-0.2, -0.15) is 0 Å². The third-order valence-electron chi connectivity index (χ3n) is 14.6. The number of benzene rings is 6. The van der Waals surface area contributed by atoms with E-state index >= 15 is 0 Å². The third-order valence-corrected chi connectivity index (χ3v) is 19.9. The second-order valence-corrected chi connectivity index (χ2v) is 21.3. The Morgan fingerprint density at radius 2 is 0.645 bits per heavy atom. The van der Waals surface area contributed by atoms with Crippen LogP contribution in [0.4, 0.5) is 0 Å². The number of fused-ring (bicyclic) bond motifs is 8. The van der Waals surface area contributed by atoms with Gasteiger partial charge in [-0.25, -0.2) is 0 Å². The van der Waals surface area contributed by atoms with Gasteiger partial charge < -0.3 is 0 Å². The highest BCUT2D eigenvalue weighted by molar-refractivity contribution is 7.30. The van der Waals surface area contributed by atoms with Crippen LogP contribution in [0.5, 0.6) is 0 Å². The van der Waals surface area contributed by atoms with Gasteiger partial charge in [0.2, 0.25) is 0 Å². The first-order valence-corrected chi connectivity index (χ1v) is 25.5. The molecule has 0 bridgehead atoms. The molecule has 10 aromatic rings. The Hall–Kier alpha value is -5.36. The van der Waals surface area contributed by atoms with Crippen molar-refractivity contribution in [3.8, 4) is 72.4 Å². The van der Waals surface area contributed by atoms with Crippen LogP contribution in [0.3, 0.4) is 0 Å². The third kappa shape index (κ3) is 5.40. The minimum Gasteiger partial charge on any atom is -0.133 e. The summed E-state index contributed by atoms with van der Waals surface area (Å²) >= 11 is 7.78. The first kappa shape index (κ1) is 38.3. The summed E-state index contributed by atoms with van der Waals surface area (Å²) in [5, 5.41) is 5.38. The number of rotatable bonds is 9. The fourth-order valence-electron chi connectivity index (χ4n) is 11.4. The Balaban J connectivity index is 0.899. The Labute approximate surface area is 380 Å². The maximum absolute atomic E-state index is 2.53. The van der Waals surface area contributed by atoms with Crippen LogP contribution in [0.15, 0.2) is 158 Å². The molecule has 2 aliphatic carbocycles. The predicted octanol–water partition coefficient (Wildman–Crippen LogP) is 18.7. The zero-order valence-corrected chi connectivity index (χ0v) is 38.7. The van der Waals surface area contributed by atoms with Gasteiger partial charge in [-0.1, -0.05) is 149 Å². The molecule has 0 saturated heterocycles. The maximum Gasteiger partial charge on any atom is 0.0528 e. The van der Waals surface area contributed by atoms with Crippen LogP contribution in [0.25, 0.3) is 93.9 Å². The van der Waals surface area contributed by atoms with Crippen LogP contribution in [0.2, 0.25) is 0 Å². The zero-order valence-electron chi connectivity index (χ0n) is 35.5. The molecule has 12 rings (SSSR count).